The molecule has 1 atom stereocenters. The summed E-state index contributed by atoms with van der Waals surface area (Å²) in [5.74, 6) is 0. The second kappa shape index (κ2) is 4.49. The van der Waals surface area contributed by atoms with Crippen LogP contribution in [0.1, 0.15) is 23.5 Å². The summed E-state index contributed by atoms with van der Waals surface area (Å²) < 4.78 is 0. The molecular weight excluding hydrogens is 242 g/mol. The predicted octanol–water partition coefficient (Wildman–Crippen LogP) is 3.19. The number of rotatable bonds is 2. The number of nitrogens with two attached hydrogens (primary N) is 1. The third kappa shape index (κ3) is 2.09. The van der Waals surface area contributed by atoms with Gasteiger partial charge >= 0.3 is 0 Å². The molecule has 3 nitrogen and oxygen atoms in total. The van der Waals surface area contributed by atoms with Crippen LogP contribution in [0, 0.1) is 6.92 Å². The van der Waals surface area contributed by atoms with Crippen LogP contribution in [0.15, 0.2) is 18.3 Å². The first-order valence-electron chi connectivity index (χ1n) is 4.93. The van der Waals surface area contributed by atoms with Crippen LogP contribution in [-0.4, -0.2) is 9.97 Å². The van der Waals surface area contributed by atoms with Gasteiger partial charge in [0.05, 0.1) is 10.7 Å². The predicted molar refractivity (Wildman–Crippen MR) is 67.7 cm³/mol. The van der Waals surface area contributed by atoms with Crippen molar-refractivity contribution in [3.05, 3.63) is 33.9 Å². The van der Waals surface area contributed by atoms with Gasteiger partial charge < -0.3 is 5.73 Å². The van der Waals surface area contributed by atoms with E-state index in [9.17, 15) is 0 Å². The van der Waals surface area contributed by atoms with Crippen molar-refractivity contribution in [3.63, 3.8) is 0 Å². The van der Waals surface area contributed by atoms with Crippen molar-refractivity contribution in [3.8, 4) is 10.7 Å². The minimum absolute atomic E-state index is 0.00580. The summed E-state index contributed by atoms with van der Waals surface area (Å²) >= 11 is 7.62. The smallest absolute Gasteiger partial charge is 0.143 e. The molecule has 0 saturated carbocycles. The van der Waals surface area contributed by atoms with E-state index in [1.807, 2.05) is 19.9 Å². The number of aryl methyl sites for hydroxylation is 1. The van der Waals surface area contributed by atoms with Crippen molar-refractivity contribution >= 4 is 22.9 Å². The van der Waals surface area contributed by atoms with Gasteiger partial charge in [0.1, 0.15) is 10.7 Å². The molecule has 0 bridgehead atoms. The summed E-state index contributed by atoms with van der Waals surface area (Å²) in [6.07, 6.45) is 1.71. The molecule has 1 unspecified atom stereocenters. The molecule has 0 radical (unpaired) electrons. The highest BCUT2D eigenvalue weighted by Gasteiger charge is 2.14. The van der Waals surface area contributed by atoms with Gasteiger partial charge in [-0.1, -0.05) is 11.6 Å². The highest BCUT2D eigenvalue weighted by Crippen LogP contribution is 2.32. The highest BCUT2D eigenvalue weighted by atomic mass is 35.5. The van der Waals surface area contributed by atoms with Crippen molar-refractivity contribution in [2.75, 3.05) is 0 Å². The van der Waals surface area contributed by atoms with E-state index in [1.165, 1.54) is 0 Å². The SMILES string of the molecule is Cc1nc(-c2ncccc2Cl)sc1C(C)N. The van der Waals surface area contributed by atoms with Gasteiger partial charge in [0.2, 0.25) is 0 Å². The van der Waals surface area contributed by atoms with E-state index in [4.69, 9.17) is 17.3 Å². The lowest BCUT2D eigenvalue weighted by atomic mass is 10.2. The van der Waals surface area contributed by atoms with E-state index in [2.05, 4.69) is 9.97 Å². The zero-order chi connectivity index (χ0) is 11.7. The molecule has 16 heavy (non-hydrogen) atoms. The molecule has 0 aliphatic carbocycles. The fourth-order valence-electron chi connectivity index (χ4n) is 1.48. The molecule has 5 heteroatoms. The first-order chi connectivity index (χ1) is 7.59. The summed E-state index contributed by atoms with van der Waals surface area (Å²) in [6, 6.07) is 3.61. The van der Waals surface area contributed by atoms with E-state index in [0.29, 0.717) is 5.02 Å². The van der Waals surface area contributed by atoms with Crippen molar-refractivity contribution in [1.29, 1.82) is 0 Å². The van der Waals surface area contributed by atoms with Crippen molar-refractivity contribution in [2.45, 2.75) is 19.9 Å². The van der Waals surface area contributed by atoms with Crippen LogP contribution in [0.2, 0.25) is 5.02 Å². The maximum absolute atomic E-state index is 6.07. The van der Waals surface area contributed by atoms with E-state index in [0.717, 1.165) is 21.3 Å². The molecule has 0 amide bonds. The molecule has 2 N–H and O–H groups in total. The Morgan fingerprint density at radius 2 is 2.25 bits per heavy atom. The topological polar surface area (TPSA) is 51.8 Å². The van der Waals surface area contributed by atoms with Gasteiger partial charge in [-0.05, 0) is 26.0 Å². The fourth-order valence-corrected chi connectivity index (χ4v) is 2.77. The van der Waals surface area contributed by atoms with E-state index < -0.39 is 0 Å². The Morgan fingerprint density at radius 3 is 2.81 bits per heavy atom. The molecular formula is C11H12ClN3S. The Bertz CT molecular complexity index is 508. The number of aromatic nitrogens is 2. The normalized spacial score (nSPS) is 12.8. The minimum Gasteiger partial charge on any atom is -0.323 e. The standard InChI is InChI=1S/C11H12ClN3S/c1-6(13)10-7(2)15-11(16-10)9-8(12)4-3-5-14-9/h3-6H,13H2,1-2H3. The summed E-state index contributed by atoms with van der Waals surface area (Å²) in [4.78, 5) is 9.77. The zero-order valence-electron chi connectivity index (χ0n) is 9.07. The van der Waals surface area contributed by atoms with Gasteiger partial charge in [-0.15, -0.1) is 11.3 Å². The Hall–Kier alpha value is -0.970. The quantitative estimate of drug-likeness (QED) is 0.894. The van der Waals surface area contributed by atoms with Gasteiger partial charge in [0, 0.05) is 17.1 Å². The molecule has 0 saturated heterocycles. The lowest BCUT2D eigenvalue weighted by molar-refractivity contribution is 0.825. The molecule has 0 fully saturated rings. The van der Waals surface area contributed by atoms with Gasteiger partial charge in [0.15, 0.2) is 0 Å². The Morgan fingerprint density at radius 1 is 1.50 bits per heavy atom. The molecule has 0 aliphatic heterocycles. The molecule has 2 aromatic heterocycles. The van der Waals surface area contributed by atoms with Crippen molar-refractivity contribution in [2.24, 2.45) is 5.73 Å². The summed E-state index contributed by atoms with van der Waals surface area (Å²) in [5.41, 5.74) is 7.54. The van der Waals surface area contributed by atoms with E-state index >= 15 is 0 Å². The number of halogens is 1. The van der Waals surface area contributed by atoms with Crippen LogP contribution >= 0.6 is 22.9 Å². The third-order valence-electron chi connectivity index (χ3n) is 2.21. The van der Waals surface area contributed by atoms with Gasteiger partial charge in [-0.25, -0.2) is 4.98 Å². The zero-order valence-corrected chi connectivity index (χ0v) is 10.6. The highest BCUT2D eigenvalue weighted by molar-refractivity contribution is 7.15. The van der Waals surface area contributed by atoms with Crippen LogP contribution in [0.25, 0.3) is 10.7 Å². The number of hydrogen-bond donors (Lipinski definition) is 1. The lowest BCUT2D eigenvalue weighted by Gasteiger charge is -2.00. The Balaban J connectivity index is 2.50. The fraction of sp³-hybridized carbons (Fsp3) is 0.273. The maximum Gasteiger partial charge on any atom is 0.143 e. The number of nitrogens with zero attached hydrogens (tertiary/aromatic N) is 2. The second-order valence-corrected chi connectivity index (χ2v) is 5.03. The molecule has 84 valence electrons. The molecule has 2 aromatic rings. The molecule has 0 spiro atoms. The van der Waals surface area contributed by atoms with Gasteiger partial charge in [-0.2, -0.15) is 0 Å². The molecule has 0 aromatic carbocycles. The van der Waals surface area contributed by atoms with Crippen LogP contribution in [0.5, 0.6) is 0 Å². The average Bonchev–Trinajstić information content (AvgIpc) is 2.61. The largest absolute Gasteiger partial charge is 0.323 e. The summed E-state index contributed by atoms with van der Waals surface area (Å²) in [5, 5.41) is 1.45. The van der Waals surface area contributed by atoms with Gasteiger partial charge in [0.25, 0.3) is 0 Å². The average molecular weight is 254 g/mol. The molecule has 2 heterocycles. The van der Waals surface area contributed by atoms with Crippen LogP contribution in [-0.2, 0) is 0 Å². The first-order valence-corrected chi connectivity index (χ1v) is 6.13. The Labute approximate surface area is 103 Å². The molecule has 0 aliphatic rings. The van der Waals surface area contributed by atoms with E-state index in [-0.39, 0.29) is 6.04 Å². The summed E-state index contributed by atoms with van der Waals surface area (Å²) in [7, 11) is 0. The van der Waals surface area contributed by atoms with E-state index in [1.54, 1.807) is 23.6 Å². The Kier molecular flexibility index (Phi) is 3.23. The minimum atomic E-state index is -0.00580. The number of hydrogen-bond acceptors (Lipinski definition) is 4. The van der Waals surface area contributed by atoms with Crippen molar-refractivity contribution < 1.29 is 0 Å². The van der Waals surface area contributed by atoms with Crippen LogP contribution < -0.4 is 5.73 Å². The summed E-state index contributed by atoms with van der Waals surface area (Å²) in [6.45, 7) is 3.90. The number of thiazole rings is 1. The van der Waals surface area contributed by atoms with Crippen LogP contribution in [0.3, 0.4) is 0 Å². The van der Waals surface area contributed by atoms with Crippen LogP contribution in [0.4, 0.5) is 0 Å². The van der Waals surface area contributed by atoms with Gasteiger partial charge in [-0.3, -0.25) is 4.98 Å². The van der Waals surface area contributed by atoms with Crippen molar-refractivity contribution in [1.82, 2.24) is 9.97 Å². The second-order valence-electron chi connectivity index (χ2n) is 3.59. The third-order valence-corrected chi connectivity index (χ3v) is 3.88. The monoisotopic (exact) mass is 253 g/mol. The number of pyridine rings is 1. The first kappa shape index (κ1) is 11.5. The molecule has 2 rings (SSSR count). The maximum atomic E-state index is 6.07. The lowest BCUT2D eigenvalue weighted by Crippen LogP contribution is -2.03.